The zero-order valence-corrected chi connectivity index (χ0v) is 22.9. The number of benzene rings is 2. The van der Waals surface area contributed by atoms with Crippen LogP contribution in [0.2, 0.25) is 0 Å². The minimum absolute atomic E-state index is 0.00467. The Balaban J connectivity index is 1.34. The molecule has 1 fully saturated rings. The molecule has 1 aliphatic rings. The Kier molecular flexibility index (Phi) is 7.79. The number of aromatic amines is 2. The van der Waals surface area contributed by atoms with Gasteiger partial charge in [-0.15, -0.1) is 0 Å². The van der Waals surface area contributed by atoms with Crippen molar-refractivity contribution in [1.82, 2.24) is 19.9 Å². The third-order valence-corrected chi connectivity index (χ3v) is 7.35. The molecule has 6 nitrogen and oxygen atoms in total. The summed E-state index contributed by atoms with van der Waals surface area (Å²) in [6.45, 7) is 8.52. The maximum atomic E-state index is 13.2. The summed E-state index contributed by atoms with van der Waals surface area (Å²) in [5, 5.41) is 3.03. The van der Waals surface area contributed by atoms with Crippen LogP contribution in [0.5, 0.6) is 0 Å². The van der Waals surface area contributed by atoms with Crippen molar-refractivity contribution in [3.05, 3.63) is 99.5 Å². The minimum atomic E-state index is -0.316. The number of allylic oxidation sites excluding steroid dienone is 2. The number of hydrogen-bond donors (Lipinski definition) is 3. The molecule has 0 aliphatic carbocycles. The summed E-state index contributed by atoms with van der Waals surface area (Å²) in [5.74, 6) is 0.669. The number of Topliss-reactive ketones (excluding diaryl/α,β-unsaturated/α-hetero) is 1. The van der Waals surface area contributed by atoms with Crippen LogP contribution >= 0.6 is 0 Å². The van der Waals surface area contributed by atoms with Crippen LogP contribution in [0.1, 0.15) is 60.5 Å². The van der Waals surface area contributed by atoms with Crippen molar-refractivity contribution in [3.63, 3.8) is 0 Å². The number of piperidine rings is 1. The van der Waals surface area contributed by atoms with Gasteiger partial charge >= 0.3 is 0 Å². The lowest BCUT2D eigenvalue weighted by atomic mass is 9.88. The van der Waals surface area contributed by atoms with E-state index in [-0.39, 0.29) is 17.5 Å². The van der Waals surface area contributed by atoms with Crippen molar-refractivity contribution in [3.8, 4) is 0 Å². The van der Waals surface area contributed by atoms with E-state index in [1.807, 2.05) is 19.9 Å². The van der Waals surface area contributed by atoms with E-state index in [4.69, 9.17) is 10.7 Å². The largest absolute Gasteiger partial charge is 0.402 e. The zero-order chi connectivity index (χ0) is 27.5. The van der Waals surface area contributed by atoms with Crippen LogP contribution < -0.4 is 16.4 Å². The van der Waals surface area contributed by atoms with Gasteiger partial charge in [0.2, 0.25) is 0 Å². The highest BCUT2D eigenvalue weighted by Gasteiger charge is 2.26. The first-order valence-corrected chi connectivity index (χ1v) is 13.7. The summed E-state index contributed by atoms with van der Waals surface area (Å²) in [6.07, 6.45) is 6.66. The van der Waals surface area contributed by atoms with E-state index >= 15 is 0 Å². The Morgan fingerprint density at radius 3 is 2.56 bits per heavy atom. The number of likely N-dealkylation sites (tertiary alicyclic amines) is 1. The number of ketones is 1. The third-order valence-electron chi connectivity index (χ3n) is 7.35. The molecular weight excluding hydrogens is 489 g/mol. The number of aryl methyl sites for hydroxylation is 1. The van der Waals surface area contributed by atoms with Gasteiger partial charge in [0.1, 0.15) is 11.6 Å². The molecule has 0 spiro atoms. The van der Waals surface area contributed by atoms with Crippen LogP contribution in [0.3, 0.4) is 0 Å². The fraction of sp³-hybridized carbons (Fsp3) is 0.312. The molecule has 39 heavy (non-hydrogen) atoms. The molecule has 1 aliphatic heterocycles. The number of imidazole rings is 1. The number of nitrogens with one attached hydrogen (secondary N) is 2. The summed E-state index contributed by atoms with van der Waals surface area (Å²) in [5.41, 5.74) is 11.7. The molecule has 202 valence electrons. The maximum absolute atomic E-state index is 13.2. The van der Waals surface area contributed by atoms with E-state index in [2.05, 4.69) is 52.1 Å². The monoisotopic (exact) mass is 525 g/mol. The van der Waals surface area contributed by atoms with Gasteiger partial charge in [-0.05, 0) is 100 Å². The number of carbonyl (C=O) groups excluding carboxylic acids is 1. The van der Waals surface area contributed by atoms with E-state index in [9.17, 15) is 9.18 Å². The minimum Gasteiger partial charge on any atom is -0.402 e. The molecule has 4 aromatic rings. The molecule has 0 atom stereocenters. The lowest BCUT2D eigenvalue weighted by molar-refractivity contribution is 0.0835. The summed E-state index contributed by atoms with van der Waals surface area (Å²) >= 11 is 0. The quantitative estimate of drug-likeness (QED) is 0.306. The van der Waals surface area contributed by atoms with Gasteiger partial charge in [0, 0.05) is 45.9 Å². The topological polar surface area (TPSA) is 90.8 Å². The first-order chi connectivity index (χ1) is 18.8. The number of rotatable bonds is 7. The van der Waals surface area contributed by atoms with Crippen molar-refractivity contribution in [2.75, 3.05) is 13.1 Å². The molecule has 0 radical (unpaired) electrons. The van der Waals surface area contributed by atoms with E-state index in [1.165, 1.54) is 17.7 Å². The number of H-pyrrole nitrogens is 2. The predicted octanol–water partition coefficient (Wildman–Crippen LogP) is 4.69. The second kappa shape index (κ2) is 11.4. The Labute approximate surface area is 228 Å². The molecule has 1 saturated heterocycles. The van der Waals surface area contributed by atoms with Crippen LogP contribution in [0, 0.1) is 18.7 Å². The summed E-state index contributed by atoms with van der Waals surface area (Å²) in [7, 11) is 0. The Hall–Kier alpha value is -3.97. The first-order valence-electron chi connectivity index (χ1n) is 13.7. The molecule has 0 amide bonds. The average Bonchev–Trinajstić information content (AvgIpc) is 3.50. The van der Waals surface area contributed by atoms with Gasteiger partial charge in [-0.1, -0.05) is 19.1 Å². The molecule has 3 heterocycles. The zero-order valence-electron chi connectivity index (χ0n) is 22.9. The number of nitrogens with two attached hydrogens (primary N) is 1. The van der Waals surface area contributed by atoms with Crippen molar-refractivity contribution in [1.29, 1.82) is 0 Å². The van der Waals surface area contributed by atoms with Gasteiger partial charge in [-0.2, -0.15) is 0 Å². The number of nitrogens with zero attached hydrogens (tertiary/aromatic N) is 2. The maximum Gasteiger partial charge on any atom is 0.166 e. The van der Waals surface area contributed by atoms with Gasteiger partial charge in [-0.25, -0.2) is 9.37 Å². The average molecular weight is 526 g/mol. The molecule has 4 N–H and O–H groups in total. The number of halogens is 1. The normalized spacial score (nSPS) is 16.7. The summed E-state index contributed by atoms with van der Waals surface area (Å²) < 4.78 is 13.2. The Bertz CT molecular complexity index is 1630. The van der Waals surface area contributed by atoms with E-state index in [0.29, 0.717) is 11.3 Å². The van der Waals surface area contributed by atoms with Crippen LogP contribution in [0.15, 0.2) is 60.3 Å². The van der Waals surface area contributed by atoms with Crippen molar-refractivity contribution in [2.24, 2.45) is 11.7 Å². The molecule has 0 unspecified atom stereocenters. The van der Waals surface area contributed by atoms with Crippen LogP contribution in [0.4, 0.5) is 4.39 Å². The van der Waals surface area contributed by atoms with E-state index < -0.39 is 0 Å². The smallest absolute Gasteiger partial charge is 0.166 e. The highest BCUT2D eigenvalue weighted by Crippen LogP contribution is 2.26. The molecule has 0 bridgehead atoms. The standard InChI is InChI=1S/C32H36FN5O/c1-4-5-29-31(36-21(3)35-29)27(16-20(2)34)30-18-25-17-22(6-11-28(25)37-30)19-38-14-12-24(13-15-38)32(39)23-7-9-26(33)10-8-23/h5-11,16-18,24,37H,4,12-15,19,34H2,1-3H3,(H,35,36)/b20-16+,29-5-,31-27-. The summed E-state index contributed by atoms with van der Waals surface area (Å²) in [4.78, 5) is 27.0. The molecule has 2 aromatic heterocycles. The predicted molar refractivity (Wildman–Crippen MR) is 155 cm³/mol. The summed E-state index contributed by atoms with van der Waals surface area (Å²) in [6, 6.07) is 14.6. The van der Waals surface area contributed by atoms with Gasteiger partial charge in [0.05, 0.1) is 10.7 Å². The second-order valence-corrected chi connectivity index (χ2v) is 10.5. The number of hydrogen-bond acceptors (Lipinski definition) is 4. The number of aromatic nitrogens is 3. The van der Waals surface area contributed by atoms with E-state index in [1.54, 1.807) is 12.1 Å². The first kappa shape index (κ1) is 26.6. The molecule has 2 aromatic carbocycles. The van der Waals surface area contributed by atoms with Gasteiger partial charge in [-0.3, -0.25) is 9.69 Å². The van der Waals surface area contributed by atoms with Crippen molar-refractivity contribution < 1.29 is 9.18 Å². The Morgan fingerprint density at radius 2 is 1.87 bits per heavy atom. The lowest BCUT2D eigenvalue weighted by Gasteiger charge is -2.31. The van der Waals surface area contributed by atoms with Gasteiger partial charge in [0.15, 0.2) is 5.78 Å². The second-order valence-electron chi connectivity index (χ2n) is 10.5. The molecule has 5 rings (SSSR count). The number of fused-ring (bicyclic) bond motifs is 1. The van der Waals surface area contributed by atoms with Crippen LogP contribution in [0.25, 0.3) is 22.6 Å². The number of carbonyl (C=O) groups is 1. The van der Waals surface area contributed by atoms with Gasteiger partial charge < -0.3 is 15.7 Å². The van der Waals surface area contributed by atoms with Gasteiger partial charge in [0.25, 0.3) is 0 Å². The third kappa shape index (κ3) is 6.04. The lowest BCUT2D eigenvalue weighted by Crippen LogP contribution is -2.35. The van der Waals surface area contributed by atoms with E-state index in [0.717, 1.165) is 77.6 Å². The van der Waals surface area contributed by atoms with Crippen molar-refractivity contribution >= 4 is 28.3 Å². The highest BCUT2D eigenvalue weighted by molar-refractivity contribution is 5.97. The SMILES string of the molecule is CC\C=c1/[nH]c(C)n/c1=C(/C=C(\C)N)c1cc2cc(CN3CCC(C(=O)c4ccc(F)cc4)CC3)ccc2[nH]1. The van der Waals surface area contributed by atoms with Crippen LogP contribution in [-0.4, -0.2) is 38.7 Å². The highest BCUT2D eigenvalue weighted by atomic mass is 19.1. The molecular formula is C32H36FN5O. The molecule has 0 saturated carbocycles. The Morgan fingerprint density at radius 1 is 1.13 bits per heavy atom. The fourth-order valence-electron chi connectivity index (χ4n) is 5.46. The van der Waals surface area contributed by atoms with Crippen molar-refractivity contribution in [2.45, 2.75) is 46.6 Å². The molecule has 7 heteroatoms. The fourth-order valence-corrected chi connectivity index (χ4v) is 5.46. The van der Waals surface area contributed by atoms with Crippen LogP contribution in [-0.2, 0) is 6.54 Å².